The third-order valence-electron chi connectivity index (χ3n) is 2.40. The number of benzene rings is 1. The van der Waals surface area contributed by atoms with E-state index >= 15 is 0 Å². The van der Waals surface area contributed by atoms with Crippen molar-refractivity contribution in [2.24, 2.45) is 0 Å². The van der Waals surface area contributed by atoms with Gasteiger partial charge in [-0.05, 0) is 24.1 Å². The van der Waals surface area contributed by atoms with Gasteiger partial charge in [-0.2, -0.15) is 0 Å². The fourth-order valence-electron chi connectivity index (χ4n) is 1.68. The molecule has 2 rings (SSSR count). The minimum Gasteiger partial charge on any atom is -0.481 e. The zero-order valence-electron chi connectivity index (χ0n) is 8.17. The number of carboxylic acid groups (broad SMARTS) is 1. The highest BCUT2D eigenvalue weighted by Crippen LogP contribution is 2.29. The second-order valence-electron chi connectivity index (χ2n) is 3.50. The number of fused-ring (bicyclic) bond motifs is 1. The summed E-state index contributed by atoms with van der Waals surface area (Å²) >= 11 is 6.15. The van der Waals surface area contributed by atoms with Crippen molar-refractivity contribution in [2.75, 3.05) is 0 Å². The molecule has 0 aliphatic carbocycles. The highest BCUT2D eigenvalue weighted by Gasteiger charge is 2.11. The van der Waals surface area contributed by atoms with Gasteiger partial charge >= 0.3 is 5.97 Å². The number of aryl methyl sites for hydroxylation is 1. The lowest BCUT2D eigenvalue weighted by molar-refractivity contribution is -0.136. The third-order valence-corrected chi connectivity index (χ3v) is 2.83. The first-order valence-electron chi connectivity index (χ1n) is 4.56. The number of rotatable bonds is 2. The third kappa shape index (κ3) is 1.70. The van der Waals surface area contributed by atoms with E-state index in [9.17, 15) is 4.79 Å². The maximum Gasteiger partial charge on any atom is 0.307 e. The molecule has 2 aromatic rings. The van der Waals surface area contributed by atoms with Gasteiger partial charge in [0.15, 0.2) is 0 Å². The quantitative estimate of drug-likeness (QED) is 0.823. The van der Waals surface area contributed by atoms with Crippen LogP contribution in [0.1, 0.15) is 11.1 Å². The van der Waals surface area contributed by atoms with Crippen LogP contribution in [0.15, 0.2) is 18.3 Å². The number of halogens is 1. The molecule has 0 saturated carbocycles. The molecule has 0 bridgehead atoms. The molecule has 0 aliphatic heterocycles. The number of aliphatic carboxylic acids is 1. The number of aromatic nitrogens is 1. The van der Waals surface area contributed by atoms with Crippen molar-refractivity contribution in [3.8, 4) is 0 Å². The Labute approximate surface area is 91.7 Å². The zero-order valence-corrected chi connectivity index (χ0v) is 8.93. The fraction of sp³-hybridized carbons (Fsp3) is 0.182. The molecule has 0 saturated heterocycles. The lowest BCUT2D eigenvalue weighted by atomic mass is 10.1. The van der Waals surface area contributed by atoms with Crippen LogP contribution in [0.4, 0.5) is 0 Å². The molecule has 0 amide bonds. The summed E-state index contributed by atoms with van der Waals surface area (Å²) in [6.45, 7) is 1.94. The molecule has 0 radical (unpaired) electrons. The first-order valence-corrected chi connectivity index (χ1v) is 4.94. The topological polar surface area (TPSA) is 53.1 Å². The molecule has 1 aromatic heterocycles. The van der Waals surface area contributed by atoms with Crippen molar-refractivity contribution >= 4 is 28.5 Å². The van der Waals surface area contributed by atoms with E-state index in [1.165, 1.54) is 0 Å². The van der Waals surface area contributed by atoms with Crippen LogP contribution in [0, 0.1) is 6.92 Å². The van der Waals surface area contributed by atoms with Gasteiger partial charge in [0.05, 0.1) is 11.4 Å². The number of aromatic amines is 1. The van der Waals surface area contributed by atoms with Crippen LogP contribution in [0.25, 0.3) is 10.9 Å². The van der Waals surface area contributed by atoms with E-state index in [4.69, 9.17) is 16.7 Å². The van der Waals surface area contributed by atoms with Crippen molar-refractivity contribution < 1.29 is 9.90 Å². The summed E-state index contributed by atoms with van der Waals surface area (Å²) in [6, 6.07) is 3.60. The first-order chi connectivity index (χ1) is 7.09. The predicted octanol–water partition coefficient (Wildman–Crippen LogP) is 2.76. The molecule has 0 unspecified atom stereocenters. The van der Waals surface area contributed by atoms with Gasteiger partial charge in [-0.25, -0.2) is 0 Å². The van der Waals surface area contributed by atoms with Gasteiger partial charge in [-0.15, -0.1) is 0 Å². The number of nitrogens with one attached hydrogen (secondary N) is 1. The average Bonchev–Trinajstić information content (AvgIpc) is 2.53. The van der Waals surface area contributed by atoms with Crippen LogP contribution in [0.2, 0.25) is 5.02 Å². The molecule has 4 heteroatoms. The predicted molar refractivity (Wildman–Crippen MR) is 59.4 cm³/mol. The first kappa shape index (κ1) is 10.1. The molecular formula is C11H10ClNO2. The molecular weight excluding hydrogens is 214 g/mol. The smallest absolute Gasteiger partial charge is 0.307 e. The van der Waals surface area contributed by atoms with Crippen LogP contribution in [-0.4, -0.2) is 16.1 Å². The second-order valence-corrected chi connectivity index (χ2v) is 3.88. The summed E-state index contributed by atoms with van der Waals surface area (Å²) in [5, 5.41) is 10.2. The van der Waals surface area contributed by atoms with E-state index in [2.05, 4.69) is 4.98 Å². The van der Waals surface area contributed by atoms with E-state index < -0.39 is 5.97 Å². The Morgan fingerprint density at radius 3 is 2.93 bits per heavy atom. The molecule has 2 N–H and O–H groups in total. The lowest BCUT2D eigenvalue weighted by Gasteiger charge is -2.03. The minimum atomic E-state index is -0.871. The van der Waals surface area contributed by atoms with Crippen molar-refractivity contribution in [1.29, 1.82) is 0 Å². The number of carboxylic acids is 1. The number of hydrogen-bond donors (Lipinski definition) is 2. The molecule has 78 valence electrons. The minimum absolute atomic E-state index is 0.0423. The Balaban J connectivity index is 2.63. The summed E-state index contributed by atoms with van der Waals surface area (Å²) in [4.78, 5) is 13.7. The monoisotopic (exact) mass is 223 g/mol. The van der Waals surface area contributed by atoms with E-state index in [-0.39, 0.29) is 6.42 Å². The SMILES string of the molecule is Cc1c[nH]c2ccc(CC(=O)O)c(Cl)c12. The summed E-state index contributed by atoms with van der Waals surface area (Å²) < 4.78 is 0. The fourth-order valence-corrected chi connectivity index (χ4v) is 2.06. The van der Waals surface area contributed by atoms with Crippen LogP contribution in [0.3, 0.4) is 0 Å². The Hall–Kier alpha value is -1.48. The van der Waals surface area contributed by atoms with E-state index in [0.29, 0.717) is 10.6 Å². The molecule has 0 aliphatic rings. The molecule has 0 fully saturated rings. The Bertz CT molecular complexity index is 531. The van der Waals surface area contributed by atoms with Gasteiger partial charge in [0.1, 0.15) is 0 Å². The Morgan fingerprint density at radius 2 is 2.27 bits per heavy atom. The normalized spacial score (nSPS) is 10.8. The average molecular weight is 224 g/mol. The van der Waals surface area contributed by atoms with E-state index in [1.54, 1.807) is 6.07 Å². The van der Waals surface area contributed by atoms with Gasteiger partial charge in [-0.3, -0.25) is 4.79 Å². The van der Waals surface area contributed by atoms with Gasteiger partial charge in [0, 0.05) is 17.1 Å². The Kier molecular flexibility index (Phi) is 2.40. The lowest BCUT2D eigenvalue weighted by Crippen LogP contribution is -2.00. The van der Waals surface area contributed by atoms with Crippen molar-refractivity contribution in [1.82, 2.24) is 4.98 Å². The molecule has 0 atom stereocenters. The highest BCUT2D eigenvalue weighted by atomic mass is 35.5. The van der Waals surface area contributed by atoms with E-state index in [0.717, 1.165) is 16.5 Å². The largest absolute Gasteiger partial charge is 0.481 e. The molecule has 0 spiro atoms. The molecule has 1 heterocycles. The molecule has 3 nitrogen and oxygen atoms in total. The van der Waals surface area contributed by atoms with Gasteiger partial charge in [0.2, 0.25) is 0 Å². The van der Waals surface area contributed by atoms with Gasteiger partial charge in [0.25, 0.3) is 0 Å². The maximum atomic E-state index is 10.6. The summed E-state index contributed by atoms with van der Waals surface area (Å²) in [5.41, 5.74) is 2.62. The summed E-state index contributed by atoms with van der Waals surface area (Å²) in [6.07, 6.45) is 1.82. The van der Waals surface area contributed by atoms with Crippen molar-refractivity contribution in [2.45, 2.75) is 13.3 Å². The highest BCUT2D eigenvalue weighted by molar-refractivity contribution is 6.36. The van der Waals surface area contributed by atoms with Crippen LogP contribution >= 0.6 is 11.6 Å². The zero-order chi connectivity index (χ0) is 11.0. The van der Waals surface area contributed by atoms with Crippen molar-refractivity contribution in [3.63, 3.8) is 0 Å². The maximum absolute atomic E-state index is 10.6. The number of hydrogen-bond acceptors (Lipinski definition) is 1. The van der Waals surface area contributed by atoms with Crippen LogP contribution in [0.5, 0.6) is 0 Å². The number of H-pyrrole nitrogens is 1. The second kappa shape index (κ2) is 3.59. The summed E-state index contributed by atoms with van der Waals surface area (Å²) in [5.74, 6) is -0.871. The van der Waals surface area contributed by atoms with Crippen molar-refractivity contribution in [3.05, 3.63) is 34.5 Å². The van der Waals surface area contributed by atoms with Gasteiger partial charge in [-0.1, -0.05) is 17.7 Å². The number of carbonyl (C=O) groups is 1. The standard InChI is InChI=1S/C11H10ClNO2/c1-6-5-13-8-3-2-7(4-9(14)15)11(12)10(6)8/h2-3,5,13H,4H2,1H3,(H,14,15). The van der Waals surface area contributed by atoms with Crippen LogP contribution in [-0.2, 0) is 11.2 Å². The van der Waals surface area contributed by atoms with Gasteiger partial charge < -0.3 is 10.1 Å². The Morgan fingerprint density at radius 1 is 1.53 bits per heavy atom. The molecule has 1 aromatic carbocycles. The summed E-state index contributed by atoms with van der Waals surface area (Å²) in [7, 11) is 0. The molecule has 15 heavy (non-hydrogen) atoms. The van der Waals surface area contributed by atoms with Crippen LogP contribution < -0.4 is 0 Å². The van der Waals surface area contributed by atoms with E-state index in [1.807, 2.05) is 19.2 Å².